The fourth-order valence-corrected chi connectivity index (χ4v) is 4.26. The van der Waals surface area contributed by atoms with E-state index in [2.05, 4.69) is 4.98 Å². The van der Waals surface area contributed by atoms with Gasteiger partial charge in [-0.25, -0.2) is 4.79 Å². The third kappa shape index (κ3) is 5.12. The number of carboxylic acid groups (broad SMARTS) is 1. The van der Waals surface area contributed by atoms with E-state index in [0.29, 0.717) is 35.4 Å². The van der Waals surface area contributed by atoms with Crippen LogP contribution in [-0.4, -0.2) is 49.2 Å². The summed E-state index contributed by atoms with van der Waals surface area (Å²) in [5.41, 5.74) is 3.39. The van der Waals surface area contributed by atoms with E-state index in [0.717, 1.165) is 17.1 Å². The summed E-state index contributed by atoms with van der Waals surface area (Å²) in [6.45, 7) is 0.940. The topological polar surface area (TPSA) is 92.2 Å². The average molecular weight is 530 g/mol. The first-order valence-corrected chi connectivity index (χ1v) is 12.2. The number of pyridine rings is 1. The Labute approximate surface area is 224 Å². The van der Waals surface area contributed by atoms with Crippen molar-refractivity contribution < 1.29 is 24.2 Å². The van der Waals surface area contributed by atoms with Gasteiger partial charge in [0.05, 0.1) is 17.4 Å². The van der Waals surface area contributed by atoms with E-state index < -0.39 is 5.97 Å². The average Bonchev–Trinajstić information content (AvgIpc) is 2.96. The lowest BCUT2D eigenvalue weighted by molar-refractivity contribution is 0.0697. The van der Waals surface area contributed by atoms with Gasteiger partial charge in [0, 0.05) is 47.8 Å². The number of hydrogen-bond acceptors (Lipinski definition) is 7. The number of nitrogens with zero attached hydrogens (tertiary/aromatic N) is 3. The Morgan fingerprint density at radius 3 is 2.08 bits per heavy atom. The van der Waals surface area contributed by atoms with Crippen LogP contribution in [0.3, 0.4) is 0 Å². The number of benzene rings is 3. The van der Waals surface area contributed by atoms with Crippen molar-refractivity contribution in [2.75, 3.05) is 37.1 Å². The van der Waals surface area contributed by atoms with E-state index in [4.69, 9.17) is 21.1 Å². The molecule has 0 aliphatic carbocycles. The zero-order valence-corrected chi connectivity index (χ0v) is 21.5. The van der Waals surface area contributed by atoms with Crippen LogP contribution in [-0.2, 0) is 0 Å². The van der Waals surface area contributed by atoms with Crippen molar-refractivity contribution in [1.29, 1.82) is 0 Å². The highest BCUT2D eigenvalue weighted by Crippen LogP contribution is 2.36. The van der Waals surface area contributed by atoms with Gasteiger partial charge in [-0.3, -0.25) is 9.78 Å². The summed E-state index contributed by atoms with van der Waals surface area (Å²) in [7, 11) is 3.68. The number of hydrogen-bond donors (Lipinski definition) is 1. The molecule has 0 amide bonds. The molecule has 3 aromatic carbocycles. The number of halogens is 1. The van der Waals surface area contributed by atoms with Crippen LogP contribution in [0, 0.1) is 0 Å². The maximum absolute atomic E-state index is 13.4. The molecule has 1 aromatic heterocycles. The van der Waals surface area contributed by atoms with Gasteiger partial charge in [0.25, 0.3) is 0 Å². The summed E-state index contributed by atoms with van der Waals surface area (Å²) in [5, 5.41) is 10.4. The maximum atomic E-state index is 13.4. The Balaban J connectivity index is 1.43. The Morgan fingerprint density at radius 1 is 0.763 bits per heavy atom. The molecule has 5 rings (SSSR count). The lowest BCUT2D eigenvalue weighted by Gasteiger charge is -2.24. The van der Waals surface area contributed by atoms with Crippen molar-refractivity contribution in [2.45, 2.75) is 0 Å². The summed E-state index contributed by atoms with van der Waals surface area (Å²) in [6, 6.07) is 20.8. The second kappa shape index (κ2) is 10.4. The van der Waals surface area contributed by atoms with Crippen molar-refractivity contribution in [3.8, 4) is 11.5 Å². The smallest absolute Gasteiger partial charge is 0.335 e. The molecule has 0 atom stereocenters. The first-order valence-electron chi connectivity index (χ1n) is 11.8. The minimum absolute atomic E-state index is 0.00525. The van der Waals surface area contributed by atoms with E-state index in [1.165, 1.54) is 12.1 Å². The van der Waals surface area contributed by atoms with Gasteiger partial charge in [-0.15, -0.1) is 0 Å². The third-order valence-electron chi connectivity index (χ3n) is 6.31. The van der Waals surface area contributed by atoms with Crippen LogP contribution in [0.4, 0.5) is 22.7 Å². The molecule has 4 aromatic rings. The summed E-state index contributed by atoms with van der Waals surface area (Å²) in [4.78, 5) is 33.3. The predicted octanol–water partition coefficient (Wildman–Crippen LogP) is 5.97. The molecule has 0 radical (unpaired) electrons. The van der Waals surface area contributed by atoms with Crippen LogP contribution in [0.1, 0.15) is 26.4 Å². The van der Waals surface area contributed by atoms with Crippen molar-refractivity contribution in [3.05, 3.63) is 101 Å². The van der Waals surface area contributed by atoms with Gasteiger partial charge in [-0.2, -0.15) is 0 Å². The molecule has 1 aliphatic rings. The van der Waals surface area contributed by atoms with Crippen LogP contribution in [0.15, 0.2) is 79.0 Å². The van der Waals surface area contributed by atoms with Crippen LogP contribution >= 0.6 is 11.6 Å². The Kier molecular flexibility index (Phi) is 6.89. The highest BCUT2D eigenvalue weighted by Gasteiger charge is 2.19. The summed E-state index contributed by atoms with van der Waals surface area (Å²) in [5.74, 6) is -0.256. The minimum atomic E-state index is -1.13. The zero-order chi connectivity index (χ0) is 26.8. The first-order chi connectivity index (χ1) is 18.3. The van der Waals surface area contributed by atoms with Crippen molar-refractivity contribution >= 4 is 46.1 Å². The molecular formula is C29H24ClN3O5. The van der Waals surface area contributed by atoms with Crippen molar-refractivity contribution in [2.24, 2.45) is 0 Å². The van der Waals surface area contributed by atoms with E-state index in [9.17, 15) is 14.7 Å². The highest BCUT2D eigenvalue weighted by atomic mass is 35.5. The standard InChI is InChI=1S/C29H24ClN3O5/c1-32(21-5-3-20(30)4-6-21)23-7-9-25(31-17-23)28(34)18-13-19(29(35)36)15-24(14-18)33(2)22-8-10-26-27(16-22)38-12-11-37-26/h3-10,13-17H,11-12H2,1-2H3,(H,35,36). The molecule has 1 aliphatic heterocycles. The SMILES string of the molecule is CN(c1ccc(Cl)cc1)c1ccc(C(=O)c2cc(C(=O)O)cc(N(C)c3ccc4c(c3)OCCO4)c2)nc1. The van der Waals surface area contributed by atoms with E-state index in [1.54, 1.807) is 54.5 Å². The van der Waals surface area contributed by atoms with Crippen LogP contribution in [0.25, 0.3) is 0 Å². The monoisotopic (exact) mass is 529 g/mol. The number of ether oxygens (including phenoxy) is 2. The number of fused-ring (bicyclic) bond motifs is 1. The third-order valence-corrected chi connectivity index (χ3v) is 6.56. The molecule has 1 N–H and O–H groups in total. The molecule has 192 valence electrons. The quantitative estimate of drug-likeness (QED) is 0.293. The van der Waals surface area contributed by atoms with Gasteiger partial charge < -0.3 is 24.4 Å². The van der Waals surface area contributed by atoms with E-state index in [1.807, 2.05) is 36.2 Å². The molecular weight excluding hydrogens is 506 g/mol. The van der Waals surface area contributed by atoms with Crippen LogP contribution in [0.2, 0.25) is 5.02 Å². The van der Waals surface area contributed by atoms with Gasteiger partial charge in [0.2, 0.25) is 5.78 Å². The van der Waals surface area contributed by atoms with Crippen LogP contribution < -0.4 is 19.3 Å². The molecule has 9 heteroatoms. The number of carboxylic acids is 1. The fraction of sp³-hybridized carbons (Fsp3) is 0.138. The first kappa shape index (κ1) is 25.1. The van der Waals surface area contributed by atoms with E-state index in [-0.39, 0.29) is 22.6 Å². The summed E-state index contributed by atoms with van der Waals surface area (Å²) >= 11 is 5.98. The van der Waals surface area contributed by atoms with Gasteiger partial charge in [0.15, 0.2) is 11.5 Å². The second-order valence-corrected chi connectivity index (χ2v) is 9.16. The number of aromatic nitrogens is 1. The van der Waals surface area contributed by atoms with Gasteiger partial charge >= 0.3 is 5.97 Å². The Bertz CT molecular complexity index is 1510. The van der Waals surface area contributed by atoms with Crippen LogP contribution in [0.5, 0.6) is 11.5 Å². The largest absolute Gasteiger partial charge is 0.486 e. The molecule has 0 fully saturated rings. The number of anilines is 4. The zero-order valence-electron chi connectivity index (χ0n) is 20.7. The lowest BCUT2D eigenvalue weighted by atomic mass is 10.0. The summed E-state index contributed by atoms with van der Waals surface area (Å²) < 4.78 is 11.3. The van der Waals surface area contributed by atoms with Gasteiger partial charge in [-0.1, -0.05) is 11.6 Å². The number of carbonyl (C=O) groups is 2. The highest BCUT2D eigenvalue weighted by molar-refractivity contribution is 6.30. The fourth-order valence-electron chi connectivity index (χ4n) is 4.13. The number of aromatic carboxylic acids is 1. The molecule has 0 spiro atoms. The maximum Gasteiger partial charge on any atom is 0.335 e. The molecule has 38 heavy (non-hydrogen) atoms. The van der Waals surface area contributed by atoms with Gasteiger partial charge in [-0.05, 0) is 66.7 Å². The number of rotatable bonds is 7. The van der Waals surface area contributed by atoms with E-state index >= 15 is 0 Å². The minimum Gasteiger partial charge on any atom is -0.486 e. The molecule has 0 saturated heterocycles. The number of ketones is 1. The molecule has 8 nitrogen and oxygen atoms in total. The van der Waals surface area contributed by atoms with Crippen molar-refractivity contribution in [1.82, 2.24) is 4.98 Å². The van der Waals surface area contributed by atoms with Gasteiger partial charge in [0.1, 0.15) is 18.9 Å². The Morgan fingerprint density at radius 2 is 1.39 bits per heavy atom. The second-order valence-electron chi connectivity index (χ2n) is 8.73. The molecule has 2 heterocycles. The molecule has 0 unspecified atom stereocenters. The normalized spacial score (nSPS) is 12.1. The lowest BCUT2D eigenvalue weighted by Crippen LogP contribution is -2.17. The predicted molar refractivity (Wildman–Crippen MR) is 146 cm³/mol. The molecule has 0 bridgehead atoms. The Hall–Kier alpha value is -4.56. The van der Waals surface area contributed by atoms with Crippen molar-refractivity contribution in [3.63, 3.8) is 0 Å². The summed E-state index contributed by atoms with van der Waals surface area (Å²) in [6.07, 6.45) is 1.60. The number of carbonyl (C=O) groups excluding carboxylic acids is 1. The molecule has 0 saturated carbocycles.